The first-order valence-electron chi connectivity index (χ1n) is 13.8. The van der Waals surface area contributed by atoms with Crippen LogP contribution < -0.4 is 5.73 Å². The molecule has 0 aliphatic carbocycles. The zero-order valence-corrected chi connectivity index (χ0v) is 24.5. The third-order valence-corrected chi connectivity index (χ3v) is 6.24. The number of nitrogens with two attached hydrogens (primary N) is 1. The lowest BCUT2D eigenvalue weighted by atomic mass is 10.1. The predicted molar refractivity (Wildman–Crippen MR) is 162 cm³/mol. The maximum absolute atomic E-state index is 13.3. The molecular weight excluding hydrogens is 496 g/mol. The van der Waals surface area contributed by atoms with Gasteiger partial charge >= 0.3 is 6.03 Å². The summed E-state index contributed by atoms with van der Waals surface area (Å²) in [6.07, 6.45) is 19.5. The van der Waals surface area contributed by atoms with Crippen LogP contribution in [-0.4, -0.2) is 42.3 Å². The van der Waals surface area contributed by atoms with Crippen molar-refractivity contribution >= 4 is 23.8 Å². The fraction of sp³-hybridized carbons (Fsp3) is 0.484. The number of urea groups is 1. The van der Waals surface area contributed by atoms with E-state index in [0.717, 1.165) is 30.6 Å². The van der Waals surface area contributed by atoms with Crippen LogP contribution in [0, 0.1) is 0 Å². The van der Waals surface area contributed by atoms with Crippen LogP contribution in [0.1, 0.15) is 77.7 Å². The van der Waals surface area contributed by atoms with Gasteiger partial charge in [-0.25, -0.2) is 9.80 Å². The van der Waals surface area contributed by atoms with E-state index in [4.69, 9.17) is 22.1 Å². The highest BCUT2D eigenvalue weighted by atomic mass is 35.5. The molecule has 0 aliphatic heterocycles. The zero-order chi connectivity index (χ0) is 28.0. The maximum atomic E-state index is 13.3. The van der Waals surface area contributed by atoms with Gasteiger partial charge in [0, 0.05) is 31.9 Å². The van der Waals surface area contributed by atoms with E-state index in [1.165, 1.54) is 43.3 Å². The number of allylic oxidation sites excluding steroid dienone is 5. The monoisotopic (exact) mass is 542 g/mol. The van der Waals surface area contributed by atoms with E-state index in [9.17, 15) is 4.79 Å². The summed E-state index contributed by atoms with van der Waals surface area (Å²) in [5.41, 5.74) is 7.41. The van der Waals surface area contributed by atoms with Crippen molar-refractivity contribution in [1.82, 2.24) is 9.91 Å². The Morgan fingerprint density at radius 2 is 1.76 bits per heavy atom. The van der Waals surface area contributed by atoms with E-state index < -0.39 is 0 Å². The van der Waals surface area contributed by atoms with Crippen molar-refractivity contribution in [2.75, 3.05) is 20.1 Å². The largest absolute Gasteiger partial charge is 0.489 e. The van der Waals surface area contributed by atoms with Gasteiger partial charge in [-0.1, -0.05) is 106 Å². The number of benzene rings is 1. The molecule has 0 aromatic heterocycles. The molecular formula is C31H47ClN4O2. The Kier molecular flexibility index (Phi) is 18.3. The lowest BCUT2D eigenvalue weighted by molar-refractivity contribution is 0.168. The lowest BCUT2D eigenvalue weighted by Gasteiger charge is -2.24. The molecule has 0 heterocycles. The number of nitrogens with zero attached hydrogens (tertiary/aromatic N) is 3. The summed E-state index contributed by atoms with van der Waals surface area (Å²) in [7, 11) is 1.77. The highest BCUT2D eigenvalue weighted by Gasteiger charge is 2.16. The van der Waals surface area contributed by atoms with Crippen LogP contribution in [0.2, 0.25) is 0 Å². The third-order valence-electron chi connectivity index (χ3n) is 5.90. The molecule has 6 nitrogen and oxygen atoms in total. The topological polar surface area (TPSA) is 71.2 Å². The van der Waals surface area contributed by atoms with Crippen molar-refractivity contribution in [2.24, 2.45) is 10.8 Å². The minimum atomic E-state index is -0.173. The average molecular weight is 543 g/mol. The Morgan fingerprint density at radius 3 is 2.39 bits per heavy atom. The molecule has 1 aromatic carbocycles. The fourth-order valence-electron chi connectivity index (χ4n) is 3.65. The number of carbonyl (C=O) groups excluding carboxylic acids is 1. The molecule has 0 saturated carbocycles. The Hall–Kier alpha value is -2.99. The first-order chi connectivity index (χ1) is 18.5. The number of hydrogen-bond donors (Lipinski definition) is 1. The van der Waals surface area contributed by atoms with Gasteiger partial charge < -0.3 is 15.4 Å². The number of ether oxygens (including phenoxy) is 1. The van der Waals surface area contributed by atoms with Gasteiger partial charge in [0.2, 0.25) is 0 Å². The molecule has 1 aromatic rings. The number of amides is 2. The molecule has 0 unspecified atom stereocenters. The third kappa shape index (κ3) is 14.1. The Labute approximate surface area is 235 Å². The van der Waals surface area contributed by atoms with E-state index in [-0.39, 0.29) is 6.03 Å². The van der Waals surface area contributed by atoms with Gasteiger partial charge in [0.15, 0.2) is 0 Å². The van der Waals surface area contributed by atoms with Gasteiger partial charge in [0.25, 0.3) is 0 Å². The second kappa shape index (κ2) is 21.0. The highest BCUT2D eigenvalue weighted by molar-refractivity contribution is 6.34. The number of hydrogen-bond acceptors (Lipinski definition) is 4. The standard InChI is InChI=1S/C31H47ClN4O2/c1-5-8-9-10-11-12-16-23-36(34-25-28(18-6-2)30(32)24-33)31(37)35(4)22-17-21-29(7-3)38-26-27-19-14-13-15-20-27/h7,13-15,17-21,24-25H,5-6,8-12,16,22-23,26,33H2,1-4H3/b21-17-,28-18-,29-7+,30-24+,34-25+. The van der Waals surface area contributed by atoms with Gasteiger partial charge in [-0.05, 0) is 37.5 Å². The summed E-state index contributed by atoms with van der Waals surface area (Å²) in [6.45, 7) is 7.63. The number of hydrazone groups is 1. The number of halogens is 1. The van der Waals surface area contributed by atoms with E-state index in [0.29, 0.717) is 30.3 Å². The van der Waals surface area contributed by atoms with Crippen LogP contribution in [0.15, 0.2) is 82.3 Å². The normalized spacial score (nSPS) is 12.9. The van der Waals surface area contributed by atoms with Crippen molar-refractivity contribution in [3.05, 3.63) is 82.8 Å². The molecule has 0 saturated heterocycles. The Balaban J connectivity index is 2.78. The molecule has 0 spiro atoms. The van der Waals surface area contributed by atoms with E-state index in [1.807, 2.05) is 68.5 Å². The number of likely N-dealkylation sites (N-methyl/N-ethyl adjacent to an activating group) is 1. The second-order valence-corrected chi connectivity index (χ2v) is 9.51. The van der Waals surface area contributed by atoms with Crippen molar-refractivity contribution in [3.8, 4) is 0 Å². The maximum Gasteiger partial charge on any atom is 0.340 e. The molecule has 0 radical (unpaired) electrons. The molecule has 0 fully saturated rings. The van der Waals surface area contributed by atoms with Crippen molar-refractivity contribution in [1.29, 1.82) is 0 Å². The van der Waals surface area contributed by atoms with Gasteiger partial charge in [-0.2, -0.15) is 5.10 Å². The number of carbonyl (C=O) groups is 1. The summed E-state index contributed by atoms with van der Waals surface area (Å²) in [5, 5.41) is 6.44. The first kappa shape index (κ1) is 33.0. The van der Waals surface area contributed by atoms with Gasteiger partial charge in [-0.3, -0.25) is 0 Å². The van der Waals surface area contributed by atoms with E-state index in [1.54, 1.807) is 18.2 Å². The summed E-state index contributed by atoms with van der Waals surface area (Å²) in [4.78, 5) is 14.9. The molecule has 2 amide bonds. The summed E-state index contributed by atoms with van der Waals surface area (Å²) in [5.74, 6) is 0.755. The minimum absolute atomic E-state index is 0.173. The van der Waals surface area contributed by atoms with Crippen LogP contribution in [0.25, 0.3) is 0 Å². The number of unbranched alkanes of at least 4 members (excludes halogenated alkanes) is 6. The second-order valence-electron chi connectivity index (χ2n) is 9.10. The Morgan fingerprint density at radius 1 is 1.08 bits per heavy atom. The molecule has 38 heavy (non-hydrogen) atoms. The summed E-state index contributed by atoms with van der Waals surface area (Å²) < 4.78 is 5.89. The average Bonchev–Trinajstić information content (AvgIpc) is 2.94. The van der Waals surface area contributed by atoms with Crippen molar-refractivity contribution in [3.63, 3.8) is 0 Å². The summed E-state index contributed by atoms with van der Waals surface area (Å²) >= 11 is 6.24. The summed E-state index contributed by atoms with van der Waals surface area (Å²) in [6, 6.07) is 9.85. The Bertz CT molecular complexity index is 938. The smallest absolute Gasteiger partial charge is 0.340 e. The van der Waals surface area contributed by atoms with Gasteiger partial charge in [-0.15, -0.1) is 0 Å². The van der Waals surface area contributed by atoms with Crippen molar-refractivity contribution < 1.29 is 9.53 Å². The molecule has 2 N–H and O–H groups in total. The van der Waals surface area contributed by atoms with Crippen molar-refractivity contribution in [2.45, 2.75) is 78.7 Å². The molecule has 0 aliphatic rings. The highest BCUT2D eigenvalue weighted by Crippen LogP contribution is 2.14. The molecule has 7 heteroatoms. The quantitative estimate of drug-likeness (QED) is 0.0669. The zero-order valence-electron chi connectivity index (χ0n) is 23.7. The van der Waals surface area contributed by atoms with Crippen LogP contribution in [0.5, 0.6) is 0 Å². The minimum Gasteiger partial charge on any atom is -0.489 e. The molecule has 210 valence electrons. The molecule has 1 rings (SSSR count). The van der Waals surface area contributed by atoms with Crippen LogP contribution >= 0.6 is 11.6 Å². The number of rotatable bonds is 18. The van der Waals surface area contributed by atoms with Gasteiger partial charge in [0.1, 0.15) is 12.4 Å². The van der Waals surface area contributed by atoms with Crippen LogP contribution in [-0.2, 0) is 11.3 Å². The van der Waals surface area contributed by atoms with E-state index >= 15 is 0 Å². The van der Waals surface area contributed by atoms with Crippen LogP contribution in [0.4, 0.5) is 4.79 Å². The predicted octanol–water partition coefficient (Wildman–Crippen LogP) is 8.13. The lowest BCUT2D eigenvalue weighted by Crippen LogP contribution is -2.39. The van der Waals surface area contributed by atoms with E-state index in [2.05, 4.69) is 12.0 Å². The van der Waals surface area contributed by atoms with Gasteiger partial charge in [0.05, 0.1) is 11.2 Å². The molecule has 0 atom stereocenters. The first-order valence-corrected chi connectivity index (χ1v) is 14.2. The SMILES string of the molecule is C/C=C(\C=C/CN(C)C(=O)N(CCCCCCCCC)/N=C/C(=C/CC)C(/Cl)=C\N)OCc1ccccc1. The molecule has 0 bridgehead atoms. The van der Waals surface area contributed by atoms with Crippen LogP contribution in [0.3, 0.4) is 0 Å². The fourth-order valence-corrected chi connectivity index (χ4v) is 3.78.